The van der Waals surface area contributed by atoms with Crippen LogP contribution in [0.15, 0.2) is 60.8 Å². The highest BCUT2D eigenvalue weighted by atomic mass is 16.5. The predicted octanol–water partition coefficient (Wildman–Crippen LogP) is 3.74. The van der Waals surface area contributed by atoms with Crippen molar-refractivity contribution in [3.05, 3.63) is 94.1 Å². The number of hydroxylamine groups is 1. The van der Waals surface area contributed by atoms with E-state index in [0.717, 1.165) is 22.4 Å². The molecule has 0 atom stereocenters. The lowest BCUT2D eigenvalue weighted by molar-refractivity contribution is -0.139. The zero-order valence-corrected chi connectivity index (χ0v) is 19.4. The van der Waals surface area contributed by atoms with Crippen LogP contribution in [0, 0.1) is 12.1 Å². The van der Waals surface area contributed by atoms with Crippen molar-refractivity contribution in [2.45, 2.75) is 26.7 Å². The van der Waals surface area contributed by atoms with Crippen molar-refractivity contribution in [3.8, 4) is 17.0 Å². The number of hydrogen-bond acceptors (Lipinski definition) is 6. The van der Waals surface area contributed by atoms with Crippen LogP contribution in [-0.2, 0) is 17.6 Å². The molecule has 35 heavy (non-hydrogen) atoms. The van der Waals surface area contributed by atoms with Gasteiger partial charge in [0.15, 0.2) is 6.61 Å². The Hall–Kier alpha value is -4.21. The van der Waals surface area contributed by atoms with Gasteiger partial charge in [-0.2, -0.15) is 0 Å². The molecule has 2 aromatic heterocycles. The zero-order chi connectivity index (χ0) is 25.1. The van der Waals surface area contributed by atoms with Gasteiger partial charge in [-0.3, -0.25) is 10.6 Å². The van der Waals surface area contributed by atoms with Gasteiger partial charge >= 0.3 is 5.97 Å². The van der Waals surface area contributed by atoms with Crippen LogP contribution in [0.5, 0.6) is 5.88 Å². The number of amides is 1. The molecule has 180 valence electrons. The molecule has 3 N–H and O–H groups in total. The van der Waals surface area contributed by atoms with Gasteiger partial charge in [-0.05, 0) is 35.6 Å². The van der Waals surface area contributed by atoms with E-state index >= 15 is 0 Å². The highest BCUT2D eigenvalue weighted by molar-refractivity contribution is 6.04. The van der Waals surface area contributed by atoms with Crippen molar-refractivity contribution in [3.63, 3.8) is 0 Å². The van der Waals surface area contributed by atoms with Crippen LogP contribution < -0.4 is 10.6 Å². The van der Waals surface area contributed by atoms with E-state index in [1.807, 2.05) is 61.5 Å². The third kappa shape index (κ3) is 4.86. The standard InChI is InChI=1S/C26H25N4O5/c1-3-20-21(13-17-9-11-19(12-10-17)18-7-5-4-6-8-18)29-14-16(2)28-25(35-15-22(31)32)24(29)23(20)26(33)30(27)34/h4-12,14H,3,13,15,27H2,1-2H3,(H,31,32)/q-1. The first kappa shape index (κ1) is 23.9. The maximum absolute atomic E-state index is 12.9. The number of hydrogen-bond donors (Lipinski definition) is 2. The van der Waals surface area contributed by atoms with Crippen LogP contribution in [0.25, 0.3) is 16.6 Å². The van der Waals surface area contributed by atoms with Crippen molar-refractivity contribution in [2.75, 3.05) is 6.61 Å². The molecule has 4 aromatic rings. The predicted molar refractivity (Wildman–Crippen MR) is 131 cm³/mol. The van der Waals surface area contributed by atoms with E-state index in [9.17, 15) is 14.8 Å². The lowest BCUT2D eigenvalue weighted by Gasteiger charge is -2.21. The summed E-state index contributed by atoms with van der Waals surface area (Å²) in [7, 11) is 0. The first-order valence-corrected chi connectivity index (χ1v) is 11.1. The third-order valence-corrected chi connectivity index (χ3v) is 5.75. The first-order valence-electron chi connectivity index (χ1n) is 11.1. The number of carboxylic acid groups (broad SMARTS) is 1. The summed E-state index contributed by atoms with van der Waals surface area (Å²) in [5.74, 6) is 3.10. The van der Waals surface area contributed by atoms with Gasteiger partial charge in [-0.25, -0.2) is 9.78 Å². The number of fused-ring (bicyclic) bond motifs is 1. The molecule has 9 nitrogen and oxygen atoms in total. The van der Waals surface area contributed by atoms with E-state index in [1.165, 1.54) is 0 Å². The van der Waals surface area contributed by atoms with Gasteiger partial charge in [0.05, 0.1) is 11.3 Å². The van der Waals surface area contributed by atoms with Gasteiger partial charge in [0.2, 0.25) is 5.88 Å². The highest BCUT2D eigenvalue weighted by Gasteiger charge is 2.27. The maximum Gasteiger partial charge on any atom is 0.341 e. The van der Waals surface area contributed by atoms with Crippen molar-refractivity contribution >= 4 is 17.4 Å². The van der Waals surface area contributed by atoms with Crippen LogP contribution in [0.3, 0.4) is 0 Å². The number of ether oxygens (including phenoxy) is 1. The Morgan fingerprint density at radius 2 is 1.77 bits per heavy atom. The molecule has 0 bridgehead atoms. The maximum atomic E-state index is 12.9. The van der Waals surface area contributed by atoms with Crippen LogP contribution in [0.2, 0.25) is 0 Å². The van der Waals surface area contributed by atoms with Crippen molar-refractivity contribution in [1.82, 2.24) is 14.6 Å². The molecule has 2 heterocycles. The van der Waals surface area contributed by atoms with Crippen LogP contribution in [0.1, 0.15) is 39.8 Å². The number of benzene rings is 2. The largest absolute Gasteiger partial charge is 0.741 e. The Bertz CT molecular complexity index is 1380. The minimum atomic E-state index is -1.19. The molecule has 0 spiro atoms. The molecular weight excluding hydrogens is 448 g/mol. The molecule has 0 unspecified atom stereocenters. The van der Waals surface area contributed by atoms with Gasteiger partial charge in [0.1, 0.15) is 5.52 Å². The molecule has 0 saturated carbocycles. The monoisotopic (exact) mass is 473 g/mol. The Kier molecular flexibility index (Phi) is 6.81. The Balaban J connectivity index is 1.85. The number of carboxylic acids is 1. The number of carbonyl (C=O) groups is 2. The SMILES string of the molecule is CCc1c(C(=O)N(N)[O-])c2c(OCC(=O)O)nc(C)cn2c1Cc1ccc(-c2ccccc2)cc1. The number of hydrazine groups is 1. The Morgan fingerprint density at radius 3 is 2.37 bits per heavy atom. The molecule has 0 saturated heterocycles. The number of carbonyl (C=O) groups excluding carboxylic acids is 1. The van der Waals surface area contributed by atoms with E-state index in [4.69, 9.17) is 15.7 Å². The Labute approximate surface area is 201 Å². The minimum Gasteiger partial charge on any atom is -0.741 e. The average Bonchev–Trinajstić information content (AvgIpc) is 3.15. The van der Waals surface area contributed by atoms with E-state index in [0.29, 0.717) is 24.1 Å². The average molecular weight is 474 g/mol. The van der Waals surface area contributed by atoms with E-state index in [1.54, 1.807) is 17.5 Å². The summed E-state index contributed by atoms with van der Waals surface area (Å²) in [4.78, 5) is 28.3. The summed E-state index contributed by atoms with van der Waals surface area (Å²) >= 11 is 0. The van der Waals surface area contributed by atoms with Crippen molar-refractivity contribution < 1.29 is 19.4 Å². The fourth-order valence-electron chi connectivity index (χ4n) is 4.25. The van der Waals surface area contributed by atoms with Crippen molar-refractivity contribution in [2.24, 2.45) is 5.84 Å². The van der Waals surface area contributed by atoms with Gasteiger partial charge in [0, 0.05) is 18.3 Å². The third-order valence-electron chi connectivity index (χ3n) is 5.75. The first-order chi connectivity index (χ1) is 16.8. The molecule has 0 aliphatic carbocycles. The number of aryl methyl sites for hydroxylation is 1. The van der Waals surface area contributed by atoms with Gasteiger partial charge < -0.3 is 24.6 Å². The van der Waals surface area contributed by atoms with Crippen LogP contribution >= 0.6 is 0 Å². The minimum absolute atomic E-state index is 0.0435. The lowest BCUT2D eigenvalue weighted by Crippen LogP contribution is -2.32. The molecule has 0 aliphatic heterocycles. The van der Waals surface area contributed by atoms with E-state index in [2.05, 4.69) is 4.98 Å². The molecule has 0 radical (unpaired) electrons. The van der Waals surface area contributed by atoms with E-state index in [-0.39, 0.29) is 22.1 Å². The summed E-state index contributed by atoms with van der Waals surface area (Å²) in [6.07, 6.45) is 2.63. The summed E-state index contributed by atoms with van der Waals surface area (Å²) in [5, 5.41) is 20.7. The molecular formula is C26H25N4O5-. The van der Waals surface area contributed by atoms with Crippen molar-refractivity contribution in [1.29, 1.82) is 0 Å². The smallest absolute Gasteiger partial charge is 0.341 e. The molecule has 1 amide bonds. The van der Waals surface area contributed by atoms with E-state index < -0.39 is 18.5 Å². The second-order valence-corrected chi connectivity index (χ2v) is 8.11. The summed E-state index contributed by atoms with van der Waals surface area (Å²) < 4.78 is 7.16. The van der Waals surface area contributed by atoms with Gasteiger partial charge in [-0.1, -0.05) is 61.5 Å². The Morgan fingerprint density at radius 1 is 1.11 bits per heavy atom. The normalized spacial score (nSPS) is 11.0. The fraction of sp³-hybridized carbons (Fsp3) is 0.192. The van der Waals surface area contributed by atoms with Gasteiger partial charge in [-0.15, -0.1) is 0 Å². The van der Waals surface area contributed by atoms with Crippen LogP contribution in [0.4, 0.5) is 0 Å². The summed E-state index contributed by atoms with van der Waals surface area (Å²) in [6.45, 7) is 2.96. The molecule has 9 heteroatoms. The second-order valence-electron chi connectivity index (χ2n) is 8.11. The van der Waals surface area contributed by atoms with Gasteiger partial charge in [0.25, 0.3) is 5.91 Å². The molecule has 4 rings (SSSR count). The van der Waals surface area contributed by atoms with Crippen LogP contribution in [-0.4, -0.2) is 38.1 Å². The highest BCUT2D eigenvalue weighted by Crippen LogP contribution is 2.33. The summed E-state index contributed by atoms with van der Waals surface area (Å²) in [5.41, 5.74) is 5.42. The second kappa shape index (κ2) is 9.96. The number of nitrogens with two attached hydrogens (primary N) is 1. The quantitative estimate of drug-likeness (QED) is 0.226. The zero-order valence-electron chi connectivity index (χ0n) is 19.4. The fourth-order valence-corrected chi connectivity index (χ4v) is 4.25. The number of aliphatic carboxylic acids is 1. The number of nitrogens with zero attached hydrogens (tertiary/aromatic N) is 3. The molecule has 0 fully saturated rings. The number of aromatic nitrogens is 2. The lowest BCUT2D eigenvalue weighted by atomic mass is 9.99. The summed E-state index contributed by atoms with van der Waals surface area (Å²) in [6, 6.07) is 18.1. The molecule has 2 aromatic carbocycles. The topological polar surface area (TPSA) is 133 Å². The molecule has 0 aliphatic rings. The number of rotatable bonds is 8.